The molecule has 17 heavy (non-hydrogen) atoms. The molecule has 2 saturated carbocycles. The van der Waals surface area contributed by atoms with Crippen LogP contribution in [0.2, 0.25) is 0 Å². The summed E-state index contributed by atoms with van der Waals surface area (Å²) < 4.78 is 0. The van der Waals surface area contributed by atoms with E-state index in [2.05, 4.69) is 13.5 Å². The van der Waals surface area contributed by atoms with Crippen LogP contribution in [0.25, 0.3) is 0 Å². The number of aliphatic hydroxyl groups is 2. The highest BCUT2D eigenvalue weighted by atomic mass is 16.3. The fourth-order valence-corrected chi connectivity index (χ4v) is 4.19. The summed E-state index contributed by atoms with van der Waals surface area (Å²) in [5.41, 5.74) is 0.725. The van der Waals surface area contributed by atoms with Crippen LogP contribution >= 0.6 is 0 Å². The highest BCUT2D eigenvalue weighted by Gasteiger charge is 2.50. The molecule has 0 saturated heterocycles. The summed E-state index contributed by atoms with van der Waals surface area (Å²) in [6.45, 7) is 8.40. The average Bonchev–Trinajstić information content (AvgIpc) is 2.27. The van der Waals surface area contributed by atoms with Gasteiger partial charge in [0.15, 0.2) is 0 Å². The third kappa shape index (κ3) is 2.30. The van der Waals surface area contributed by atoms with Crippen molar-refractivity contribution in [3.63, 3.8) is 0 Å². The van der Waals surface area contributed by atoms with Gasteiger partial charge in [-0.25, -0.2) is 0 Å². The monoisotopic (exact) mass is 238 g/mol. The maximum Gasteiger partial charge on any atom is 0.0653 e. The predicted octanol–water partition coefficient (Wildman–Crippen LogP) is 2.89. The summed E-state index contributed by atoms with van der Waals surface area (Å²) in [6, 6.07) is 0. The Bertz CT molecular complexity index is 308. The minimum Gasteiger partial charge on any atom is -0.392 e. The molecular formula is C15H26O2. The van der Waals surface area contributed by atoms with Crippen molar-refractivity contribution in [1.82, 2.24) is 0 Å². The van der Waals surface area contributed by atoms with Gasteiger partial charge in [0.1, 0.15) is 0 Å². The van der Waals surface area contributed by atoms with Crippen LogP contribution in [0.4, 0.5) is 0 Å². The molecule has 2 N–H and O–H groups in total. The molecule has 4 atom stereocenters. The summed E-state index contributed by atoms with van der Waals surface area (Å²) in [4.78, 5) is 0. The van der Waals surface area contributed by atoms with Crippen molar-refractivity contribution in [2.24, 2.45) is 17.3 Å². The van der Waals surface area contributed by atoms with Crippen LogP contribution in [0, 0.1) is 17.3 Å². The number of aliphatic hydroxyl groups excluding tert-OH is 1. The molecule has 0 spiro atoms. The molecule has 0 aromatic carbocycles. The van der Waals surface area contributed by atoms with Gasteiger partial charge in [-0.3, -0.25) is 0 Å². The lowest BCUT2D eigenvalue weighted by molar-refractivity contribution is -0.120. The highest BCUT2D eigenvalue weighted by molar-refractivity contribution is 5.09. The maximum absolute atomic E-state index is 10.6. The first-order valence-corrected chi connectivity index (χ1v) is 6.90. The van der Waals surface area contributed by atoms with Crippen LogP contribution < -0.4 is 0 Å². The molecule has 2 heteroatoms. The van der Waals surface area contributed by atoms with E-state index < -0.39 is 5.60 Å². The molecule has 1 unspecified atom stereocenters. The predicted molar refractivity (Wildman–Crippen MR) is 69.6 cm³/mol. The van der Waals surface area contributed by atoms with Gasteiger partial charge in [0.05, 0.1) is 12.2 Å². The van der Waals surface area contributed by atoms with Gasteiger partial charge in [-0.05, 0) is 61.9 Å². The summed E-state index contributed by atoms with van der Waals surface area (Å²) in [5.74, 6) is 0.772. The van der Waals surface area contributed by atoms with Crippen molar-refractivity contribution in [3.8, 4) is 0 Å². The summed E-state index contributed by atoms with van der Waals surface area (Å²) in [7, 11) is 0. The van der Waals surface area contributed by atoms with Gasteiger partial charge in [0, 0.05) is 0 Å². The highest BCUT2D eigenvalue weighted by Crippen LogP contribution is 2.56. The van der Waals surface area contributed by atoms with E-state index in [1.165, 1.54) is 6.42 Å². The second-order valence-corrected chi connectivity index (χ2v) is 6.71. The lowest BCUT2D eigenvalue weighted by atomic mass is 9.53. The van der Waals surface area contributed by atoms with Crippen LogP contribution in [0.3, 0.4) is 0 Å². The molecule has 2 aliphatic carbocycles. The molecule has 0 heterocycles. The first-order valence-electron chi connectivity index (χ1n) is 6.90. The molecule has 0 aliphatic heterocycles. The molecule has 2 rings (SSSR count). The van der Waals surface area contributed by atoms with E-state index in [4.69, 9.17) is 0 Å². The Morgan fingerprint density at radius 1 is 1.29 bits per heavy atom. The zero-order valence-corrected chi connectivity index (χ0v) is 11.2. The molecule has 2 nitrogen and oxygen atoms in total. The van der Waals surface area contributed by atoms with Crippen LogP contribution in [-0.2, 0) is 0 Å². The van der Waals surface area contributed by atoms with Crippen LogP contribution in [-0.4, -0.2) is 22.4 Å². The summed E-state index contributed by atoms with van der Waals surface area (Å²) in [5, 5.41) is 19.8. The van der Waals surface area contributed by atoms with Gasteiger partial charge in [-0.1, -0.05) is 19.9 Å². The van der Waals surface area contributed by atoms with Crippen molar-refractivity contribution in [1.29, 1.82) is 0 Å². The Morgan fingerprint density at radius 3 is 2.65 bits per heavy atom. The Balaban J connectivity index is 2.17. The third-order valence-electron chi connectivity index (χ3n) is 5.39. The van der Waals surface area contributed by atoms with Crippen LogP contribution in [0.5, 0.6) is 0 Å². The van der Waals surface area contributed by atoms with Crippen molar-refractivity contribution in [3.05, 3.63) is 12.2 Å². The van der Waals surface area contributed by atoms with E-state index in [1.54, 1.807) is 0 Å². The molecule has 2 aliphatic rings. The fraction of sp³-hybridized carbons (Fsp3) is 0.867. The van der Waals surface area contributed by atoms with Gasteiger partial charge in [0.2, 0.25) is 0 Å². The van der Waals surface area contributed by atoms with Crippen molar-refractivity contribution in [2.45, 2.75) is 58.0 Å². The Hall–Kier alpha value is -0.340. The van der Waals surface area contributed by atoms with Gasteiger partial charge in [-0.2, -0.15) is 0 Å². The largest absolute Gasteiger partial charge is 0.392 e. The van der Waals surface area contributed by atoms with Gasteiger partial charge in [0.25, 0.3) is 0 Å². The van der Waals surface area contributed by atoms with Crippen molar-refractivity contribution < 1.29 is 10.2 Å². The van der Waals surface area contributed by atoms with Gasteiger partial charge >= 0.3 is 0 Å². The minimum atomic E-state index is -0.526. The number of hydrogen-bond donors (Lipinski definition) is 2. The van der Waals surface area contributed by atoms with Crippen LogP contribution in [0.15, 0.2) is 12.2 Å². The van der Waals surface area contributed by atoms with E-state index in [0.29, 0.717) is 17.3 Å². The molecule has 98 valence electrons. The first-order chi connectivity index (χ1) is 7.89. The Labute approximate surface area is 105 Å². The second kappa shape index (κ2) is 4.40. The van der Waals surface area contributed by atoms with Crippen molar-refractivity contribution >= 4 is 0 Å². The molecule has 0 aromatic rings. The van der Waals surface area contributed by atoms with Gasteiger partial charge in [-0.15, -0.1) is 0 Å². The summed E-state index contributed by atoms with van der Waals surface area (Å²) in [6.07, 6.45) is 6.60. The van der Waals surface area contributed by atoms with E-state index in [9.17, 15) is 10.2 Å². The zero-order chi connectivity index (χ0) is 12.7. The Morgan fingerprint density at radius 2 is 2.00 bits per heavy atom. The average molecular weight is 238 g/mol. The molecule has 0 radical (unpaired) electrons. The van der Waals surface area contributed by atoms with Gasteiger partial charge < -0.3 is 10.2 Å². The molecule has 2 fully saturated rings. The van der Waals surface area contributed by atoms with E-state index >= 15 is 0 Å². The quantitative estimate of drug-likeness (QED) is 0.726. The number of hydrogen-bond acceptors (Lipinski definition) is 2. The molecule has 0 aromatic heterocycles. The standard InChI is InChI=1S/C15H26O2/c1-11(10-16)12-5-8-14(2)6-4-7-15(3,17)13(14)9-12/h12-13,16-17H,1,4-10H2,2-3H3/t12-,13?,14-,15+/m1/s1. The normalized spacial score (nSPS) is 46.4. The first kappa shape index (κ1) is 13.1. The minimum absolute atomic E-state index is 0.0935. The third-order valence-corrected chi connectivity index (χ3v) is 5.39. The zero-order valence-electron chi connectivity index (χ0n) is 11.2. The second-order valence-electron chi connectivity index (χ2n) is 6.71. The van der Waals surface area contributed by atoms with E-state index in [-0.39, 0.29) is 6.61 Å². The summed E-state index contributed by atoms with van der Waals surface area (Å²) >= 11 is 0. The van der Waals surface area contributed by atoms with E-state index in [1.807, 2.05) is 6.92 Å². The smallest absolute Gasteiger partial charge is 0.0653 e. The fourth-order valence-electron chi connectivity index (χ4n) is 4.19. The SMILES string of the molecule is C=C(CO)[C@@H]1CC[C@@]2(C)CCC[C@](C)(O)C2C1. The molecular weight excluding hydrogens is 212 g/mol. The van der Waals surface area contributed by atoms with Crippen LogP contribution in [0.1, 0.15) is 52.4 Å². The number of rotatable bonds is 2. The lowest BCUT2D eigenvalue weighted by Crippen LogP contribution is -2.51. The van der Waals surface area contributed by atoms with E-state index in [0.717, 1.165) is 37.7 Å². The number of fused-ring (bicyclic) bond motifs is 1. The topological polar surface area (TPSA) is 40.5 Å². The lowest BCUT2D eigenvalue weighted by Gasteiger charge is -2.54. The molecule has 0 bridgehead atoms. The Kier molecular flexibility index (Phi) is 3.39. The maximum atomic E-state index is 10.6. The van der Waals surface area contributed by atoms with Crippen molar-refractivity contribution in [2.75, 3.05) is 6.61 Å². The molecule has 0 amide bonds.